The van der Waals surface area contributed by atoms with E-state index in [0.29, 0.717) is 0 Å². The van der Waals surface area contributed by atoms with Crippen molar-refractivity contribution >= 4 is 42.3 Å². The smallest absolute Gasteiger partial charge is 0.430 e. The SMILES string of the molecule is CC[Si]1(CC)OB(c2ccccc2)O[Si](CC)(CC)OB(c2ccccc2)O1. The van der Waals surface area contributed by atoms with Gasteiger partial charge in [0, 0.05) is 0 Å². The Morgan fingerprint density at radius 2 is 0.821 bits per heavy atom. The molecule has 1 saturated heterocycles. The maximum Gasteiger partial charge on any atom is 0.475 e. The summed E-state index contributed by atoms with van der Waals surface area (Å²) in [7, 11) is -5.91. The monoisotopic (exact) mass is 412 g/mol. The molecular formula is C20H30B2O4Si2. The van der Waals surface area contributed by atoms with E-state index in [2.05, 4.69) is 52.0 Å². The molecule has 0 aliphatic carbocycles. The lowest BCUT2D eigenvalue weighted by molar-refractivity contribution is 0.258. The van der Waals surface area contributed by atoms with E-state index in [4.69, 9.17) is 17.4 Å². The van der Waals surface area contributed by atoms with E-state index in [1.807, 2.05) is 36.4 Å². The van der Waals surface area contributed by atoms with Crippen LogP contribution in [0.2, 0.25) is 24.2 Å². The van der Waals surface area contributed by atoms with Crippen LogP contribution in [0.4, 0.5) is 0 Å². The molecule has 1 heterocycles. The zero-order valence-electron chi connectivity index (χ0n) is 17.4. The highest BCUT2D eigenvalue weighted by atomic mass is 28.4. The highest BCUT2D eigenvalue weighted by molar-refractivity contribution is 6.91. The average molecular weight is 412 g/mol. The Balaban J connectivity index is 2.03. The molecule has 2 aromatic rings. The number of benzene rings is 2. The zero-order chi connectivity index (χ0) is 20.0. The van der Waals surface area contributed by atoms with Gasteiger partial charge in [-0.3, -0.25) is 0 Å². The standard InChI is InChI=1S/C20H30B2O4Si2/c1-5-27(6-2)23-21(19-15-11-9-12-16-19)25-28(7-3,8-4)26-22(24-27)20-17-13-10-14-18-20/h9-18H,5-8H2,1-4H3. The molecule has 0 unspecified atom stereocenters. The summed E-state index contributed by atoms with van der Waals surface area (Å²) in [6, 6.07) is 23.8. The second-order valence-corrected chi connectivity index (χ2v) is 14.6. The minimum absolute atomic E-state index is 0.434. The summed E-state index contributed by atoms with van der Waals surface area (Å²) >= 11 is 0. The molecule has 0 atom stereocenters. The van der Waals surface area contributed by atoms with E-state index in [9.17, 15) is 0 Å². The predicted octanol–water partition coefficient (Wildman–Crippen LogP) is 3.82. The van der Waals surface area contributed by atoms with E-state index < -0.39 is 31.4 Å². The second-order valence-electron chi connectivity index (χ2n) is 7.19. The Morgan fingerprint density at radius 3 is 1.07 bits per heavy atom. The fraction of sp³-hybridized carbons (Fsp3) is 0.400. The fourth-order valence-electron chi connectivity index (χ4n) is 3.54. The summed E-state index contributed by atoms with van der Waals surface area (Å²) < 4.78 is 26.9. The molecule has 1 aliphatic rings. The molecule has 0 bridgehead atoms. The van der Waals surface area contributed by atoms with Gasteiger partial charge in [-0.25, -0.2) is 0 Å². The minimum atomic E-state index is -2.52. The Morgan fingerprint density at radius 1 is 0.536 bits per heavy atom. The summed E-state index contributed by atoms with van der Waals surface area (Å²) in [4.78, 5) is 0. The van der Waals surface area contributed by atoms with Gasteiger partial charge in [-0.1, -0.05) is 88.4 Å². The van der Waals surface area contributed by atoms with E-state index in [1.165, 1.54) is 0 Å². The molecule has 4 nitrogen and oxygen atoms in total. The third-order valence-corrected chi connectivity index (χ3v) is 12.5. The van der Waals surface area contributed by atoms with E-state index >= 15 is 0 Å². The Bertz CT molecular complexity index is 648. The molecule has 8 heteroatoms. The van der Waals surface area contributed by atoms with Gasteiger partial charge in [0.1, 0.15) is 0 Å². The van der Waals surface area contributed by atoms with Crippen LogP contribution >= 0.6 is 0 Å². The summed E-state index contributed by atoms with van der Waals surface area (Å²) in [5.74, 6) is 0. The van der Waals surface area contributed by atoms with E-state index in [0.717, 1.165) is 35.1 Å². The van der Waals surface area contributed by atoms with Crippen LogP contribution in [0.1, 0.15) is 27.7 Å². The average Bonchev–Trinajstić information content (AvgIpc) is 2.76. The Kier molecular flexibility index (Phi) is 7.36. The lowest BCUT2D eigenvalue weighted by Gasteiger charge is -2.43. The van der Waals surface area contributed by atoms with Crippen molar-refractivity contribution in [2.24, 2.45) is 0 Å². The molecule has 3 rings (SSSR count). The lowest BCUT2D eigenvalue weighted by atomic mass is 9.80. The van der Waals surface area contributed by atoms with Crippen molar-refractivity contribution in [1.29, 1.82) is 0 Å². The third-order valence-electron chi connectivity index (χ3n) is 5.59. The molecule has 2 aromatic carbocycles. The van der Waals surface area contributed by atoms with Gasteiger partial charge in [0.2, 0.25) is 0 Å². The zero-order valence-corrected chi connectivity index (χ0v) is 19.4. The van der Waals surface area contributed by atoms with E-state index in [-0.39, 0.29) is 0 Å². The van der Waals surface area contributed by atoms with E-state index in [1.54, 1.807) is 0 Å². The number of hydrogen-bond donors (Lipinski definition) is 0. The lowest BCUT2D eigenvalue weighted by Crippen LogP contribution is -2.65. The normalized spacial score (nSPS) is 19.1. The molecule has 28 heavy (non-hydrogen) atoms. The van der Waals surface area contributed by atoms with Gasteiger partial charge >= 0.3 is 31.4 Å². The molecule has 0 radical (unpaired) electrons. The molecule has 0 saturated carbocycles. The van der Waals surface area contributed by atoms with Crippen molar-refractivity contribution in [3.05, 3.63) is 60.7 Å². The Labute approximate surface area is 172 Å². The number of hydrogen-bond acceptors (Lipinski definition) is 4. The first-order valence-corrected chi connectivity index (χ1v) is 14.9. The quantitative estimate of drug-likeness (QED) is 0.677. The molecule has 1 fully saturated rings. The molecule has 1 aliphatic heterocycles. The van der Waals surface area contributed by atoms with Gasteiger partial charge in [-0.15, -0.1) is 0 Å². The summed E-state index contributed by atoms with van der Waals surface area (Å²) in [6.07, 6.45) is 0. The first-order valence-electron chi connectivity index (χ1n) is 10.4. The molecule has 0 amide bonds. The molecule has 0 spiro atoms. The van der Waals surface area contributed by atoms with Crippen LogP contribution in [0.15, 0.2) is 60.7 Å². The Hall–Kier alpha value is -1.16. The van der Waals surface area contributed by atoms with Crippen LogP contribution in [-0.4, -0.2) is 31.4 Å². The van der Waals surface area contributed by atoms with Crippen molar-refractivity contribution < 1.29 is 17.4 Å². The topological polar surface area (TPSA) is 36.9 Å². The van der Waals surface area contributed by atoms with Gasteiger partial charge in [-0.2, -0.15) is 0 Å². The maximum absolute atomic E-state index is 6.72. The third kappa shape index (κ3) is 4.70. The van der Waals surface area contributed by atoms with Crippen molar-refractivity contribution in [2.75, 3.05) is 0 Å². The van der Waals surface area contributed by atoms with Gasteiger partial charge in [0.15, 0.2) is 0 Å². The van der Waals surface area contributed by atoms with Gasteiger partial charge in [0.05, 0.1) is 0 Å². The highest BCUT2D eigenvalue weighted by Gasteiger charge is 2.51. The van der Waals surface area contributed by atoms with Crippen molar-refractivity contribution in [3.8, 4) is 0 Å². The summed E-state index contributed by atoms with van der Waals surface area (Å²) in [5.41, 5.74) is 2.07. The van der Waals surface area contributed by atoms with Crippen molar-refractivity contribution in [3.63, 3.8) is 0 Å². The first kappa shape index (κ1) is 21.6. The van der Waals surface area contributed by atoms with Crippen LogP contribution < -0.4 is 10.9 Å². The molecule has 0 N–H and O–H groups in total. The molecule has 0 aromatic heterocycles. The fourth-order valence-corrected chi connectivity index (χ4v) is 8.48. The molecule has 148 valence electrons. The van der Waals surface area contributed by atoms with Crippen LogP contribution in [0.5, 0.6) is 0 Å². The second kappa shape index (κ2) is 9.56. The van der Waals surface area contributed by atoms with Gasteiger partial charge in [-0.05, 0) is 35.1 Å². The predicted molar refractivity (Wildman–Crippen MR) is 121 cm³/mol. The van der Waals surface area contributed by atoms with Gasteiger partial charge in [0.25, 0.3) is 0 Å². The highest BCUT2D eigenvalue weighted by Crippen LogP contribution is 2.29. The van der Waals surface area contributed by atoms with Crippen LogP contribution in [0.3, 0.4) is 0 Å². The minimum Gasteiger partial charge on any atom is -0.430 e. The van der Waals surface area contributed by atoms with Crippen molar-refractivity contribution in [1.82, 2.24) is 0 Å². The maximum atomic E-state index is 6.72. The molecular weight excluding hydrogens is 382 g/mol. The largest absolute Gasteiger partial charge is 0.475 e. The van der Waals surface area contributed by atoms with Crippen LogP contribution in [0, 0.1) is 0 Å². The van der Waals surface area contributed by atoms with Gasteiger partial charge < -0.3 is 17.4 Å². The van der Waals surface area contributed by atoms with Crippen molar-refractivity contribution in [2.45, 2.75) is 51.9 Å². The first-order chi connectivity index (χ1) is 13.6. The summed E-state index contributed by atoms with van der Waals surface area (Å²) in [6.45, 7) is 8.58. The summed E-state index contributed by atoms with van der Waals surface area (Å²) in [5, 5.41) is 0. The van der Waals surface area contributed by atoms with Crippen LogP contribution in [-0.2, 0) is 17.4 Å². The van der Waals surface area contributed by atoms with Crippen LogP contribution in [0.25, 0.3) is 0 Å². The number of rotatable bonds is 6.